The largest absolute Gasteiger partial charge is 0.311 e. The standard InChI is InChI=1S/C59H52N2SSi/c1-59(2)48-39-41(30-33-45(48)46-34-32-43(40-49(46)59)60-53-22-5-9-27-57(53)63(37-13-14-38-63)58-28-10-6-23-54(58)60)29-31-42-17-15-19-47-44(42)18-16-24-50(47)61-51-20-3-7-25-55(51)62(35-11-12-36-62)56-26-8-4-21-52(56)61/h3-10,15-34,39-40H,11-14,35-38H2,1-2H3. The molecule has 0 bridgehead atoms. The lowest BCUT2D eigenvalue weighted by molar-refractivity contribution is 0.660. The highest BCUT2D eigenvalue weighted by molar-refractivity contribution is 8.34. The van der Waals surface area contributed by atoms with E-state index in [1.807, 2.05) is 0 Å². The normalized spacial score (nSPS) is 18.6. The lowest BCUT2D eigenvalue weighted by Gasteiger charge is -2.47. The third kappa shape index (κ3) is 5.32. The third-order valence-electron chi connectivity index (χ3n) is 15.6. The van der Waals surface area contributed by atoms with Crippen molar-refractivity contribution >= 4 is 85.5 Å². The van der Waals surface area contributed by atoms with Crippen LogP contribution >= 0.6 is 10.0 Å². The second-order valence-corrected chi connectivity index (χ2v) is 26.8. The number of rotatable bonds is 4. The molecule has 0 amide bonds. The van der Waals surface area contributed by atoms with Crippen molar-refractivity contribution in [2.75, 3.05) is 21.3 Å². The molecule has 63 heavy (non-hydrogen) atoms. The Hall–Kier alpha value is -6.07. The highest BCUT2D eigenvalue weighted by atomic mass is 32.3. The predicted molar refractivity (Wildman–Crippen MR) is 273 cm³/mol. The maximum Gasteiger partial charge on any atom is 0.123 e. The van der Waals surface area contributed by atoms with Gasteiger partial charge in [0.15, 0.2) is 0 Å². The van der Waals surface area contributed by atoms with Crippen molar-refractivity contribution in [3.05, 3.63) is 192 Å². The summed E-state index contributed by atoms with van der Waals surface area (Å²) in [6.07, 6.45) is 10.0. The molecular weight excluding hydrogens is 797 g/mol. The summed E-state index contributed by atoms with van der Waals surface area (Å²) in [7, 11) is -2.82. The minimum atomic E-state index is -1.78. The number of para-hydroxylation sites is 4. The van der Waals surface area contributed by atoms with Crippen LogP contribution in [0.1, 0.15) is 61.8 Å². The Morgan fingerprint density at radius 3 is 1.71 bits per heavy atom. The Labute approximate surface area is 374 Å². The van der Waals surface area contributed by atoms with Gasteiger partial charge in [-0.05, 0) is 140 Å². The molecule has 0 atom stereocenters. The van der Waals surface area contributed by atoms with E-state index in [9.17, 15) is 0 Å². The van der Waals surface area contributed by atoms with E-state index in [0.29, 0.717) is 0 Å². The Morgan fingerprint density at radius 2 is 1.03 bits per heavy atom. The zero-order valence-corrected chi connectivity index (χ0v) is 38.1. The van der Waals surface area contributed by atoms with Gasteiger partial charge in [0, 0.05) is 37.7 Å². The molecule has 0 radical (unpaired) electrons. The molecular formula is C59H52N2SSi. The molecule has 0 N–H and O–H groups in total. The fraction of sp³-hybridized carbons (Fsp3) is 0.186. The summed E-state index contributed by atoms with van der Waals surface area (Å²) in [5.41, 5.74) is 15.9. The summed E-state index contributed by atoms with van der Waals surface area (Å²) >= 11 is 0. The Bertz CT molecular complexity index is 3100. The van der Waals surface area contributed by atoms with Crippen molar-refractivity contribution in [2.45, 2.75) is 66.8 Å². The zero-order chi connectivity index (χ0) is 41.9. The number of hydrogen-bond donors (Lipinski definition) is 0. The number of benzene rings is 8. The van der Waals surface area contributed by atoms with Gasteiger partial charge in [-0.2, -0.15) is 10.0 Å². The second kappa shape index (κ2) is 14.0. The van der Waals surface area contributed by atoms with Gasteiger partial charge in [-0.15, -0.1) is 0 Å². The molecule has 8 aromatic rings. The van der Waals surface area contributed by atoms with Crippen molar-refractivity contribution in [2.24, 2.45) is 0 Å². The first-order valence-corrected chi connectivity index (χ1v) is 27.6. The third-order valence-corrected chi connectivity index (χ3v) is 25.3. The lowest BCUT2D eigenvalue weighted by Crippen LogP contribution is -2.60. The van der Waals surface area contributed by atoms with Gasteiger partial charge < -0.3 is 9.80 Å². The fourth-order valence-electron chi connectivity index (χ4n) is 12.7. The molecule has 0 saturated carbocycles. The molecule has 4 aliphatic heterocycles. The second-order valence-electron chi connectivity index (χ2n) is 19.1. The van der Waals surface area contributed by atoms with Crippen LogP contribution in [0.5, 0.6) is 0 Å². The molecule has 4 heteroatoms. The van der Waals surface area contributed by atoms with Crippen LogP contribution in [0.4, 0.5) is 34.1 Å². The van der Waals surface area contributed by atoms with E-state index in [1.165, 1.54) is 128 Å². The summed E-state index contributed by atoms with van der Waals surface area (Å²) in [4.78, 5) is 8.28. The first kappa shape index (κ1) is 37.5. The smallest absolute Gasteiger partial charge is 0.123 e. The topological polar surface area (TPSA) is 6.48 Å². The number of fused-ring (bicyclic) bond motifs is 12. The summed E-state index contributed by atoms with van der Waals surface area (Å²) in [6.45, 7) is 4.85. The maximum atomic E-state index is 2.58. The molecule has 2 fully saturated rings. The van der Waals surface area contributed by atoms with Gasteiger partial charge >= 0.3 is 0 Å². The molecule has 2 spiro atoms. The molecule has 1 aliphatic carbocycles. The molecule has 5 aliphatic rings. The molecule has 8 aromatic carbocycles. The van der Waals surface area contributed by atoms with E-state index in [-0.39, 0.29) is 5.41 Å². The lowest BCUT2D eigenvalue weighted by atomic mass is 9.81. The van der Waals surface area contributed by atoms with Gasteiger partial charge in [-0.1, -0.05) is 154 Å². The van der Waals surface area contributed by atoms with Crippen molar-refractivity contribution < 1.29 is 0 Å². The number of anilines is 6. The van der Waals surface area contributed by atoms with E-state index in [0.717, 1.165) is 0 Å². The molecule has 4 heterocycles. The molecule has 2 nitrogen and oxygen atoms in total. The fourth-order valence-corrected chi connectivity index (χ4v) is 22.8. The first-order valence-electron chi connectivity index (χ1n) is 23.2. The average molecular weight is 849 g/mol. The van der Waals surface area contributed by atoms with E-state index >= 15 is 0 Å². The van der Waals surface area contributed by atoms with Gasteiger partial charge in [0.2, 0.25) is 0 Å². The Balaban J connectivity index is 0.854. The van der Waals surface area contributed by atoms with Crippen LogP contribution in [0.15, 0.2) is 180 Å². The van der Waals surface area contributed by atoms with Crippen molar-refractivity contribution in [3.63, 3.8) is 0 Å². The molecule has 0 unspecified atom stereocenters. The molecule has 13 rings (SSSR count). The van der Waals surface area contributed by atoms with Crippen molar-refractivity contribution in [3.8, 4) is 11.1 Å². The maximum absolute atomic E-state index is 2.58. The van der Waals surface area contributed by atoms with Crippen LogP contribution in [0, 0.1) is 0 Å². The summed E-state index contributed by atoms with van der Waals surface area (Å²) in [5.74, 6) is 2.60. The van der Waals surface area contributed by atoms with E-state index in [2.05, 4.69) is 206 Å². The van der Waals surface area contributed by atoms with Gasteiger partial charge in [-0.25, -0.2) is 0 Å². The molecule has 2 saturated heterocycles. The van der Waals surface area contributed by atoms with Crippen LogP contribution in [0.3, 0.4) is 0 Å². The van der Waals surface area contributed by atoms with Crippen LogP contribution in [-0.2, 0) is 5.41 Å². The number of hydrogen-bond acceptors (Lipinski definition) is 2. The molecule has 308 valence electrons. The predicted octanol–water partition coefficient (Wildman–Crippen LogP) is 15.3. The number of nitrogens with zero attached hydrogens (tertiary/aromatic N) is 2. The summed E-state index contributed by atoms with van der Waals surface area (Å²) in [6, 6.07) is 68.2. The zero-order valence-electron chi connectivity index (χ0n) is 36.3. The van der Waals surface area contributed by atoms with Gasteiger partial charge in [0.1, 0.15) is 8.07 Å². The SMILES string of the molecule is CC1(C)c2cc(C=Cc3cccc4c(N5c6ccccc6S6(CCCC6)c6ccccc65)cccc34)ccc2-c2ccc(N3c4ccccc4[Si]4(CCCC4)c4ccccc43)cc21. The van der Waals surface area contributed by atoms with E-state index in [4.69, 9.17) is 0 Å². The van der Waals surface area contributed by atoms with Gasteiger partial charge in [0.05, 0.1) is 17.1 Å². The highest BCUT2D eigenvalue weighted by Gasteiger charge is 2.48. The Morgan fingerprint density at radius 1 is 0.476 bits per heavy atom. The first-order chi connectivity index (χ1) is 31.0. The minimum Gasteiger partial charge on any atom is -0.311 e. The summed E-state index contributed by atoms with van der Waals surface area (Å²) in [5, 5.41) is 5.81. The highest BCUT2D eigenvalue weighted by Crippen LogP contribution is 2.74. The van der Waals surface area contributed by atoms with Gasteiger partial charge in [-0.3, -0.25) is 0 Å². The van der Waals surface area contributed by atoms with Crippen molar-refractivity contribution in [1.29, 1.82) is 0 Å². The van der Waals surface area contributed by atoms with Crippen LogP contribution in [0.25, 0.3) is 34.1 Å². The minimum absolute atomic E-state index is 0.144. The molecule has 0 aromatic heterocycles. The Kier molecular flexibility index (Phi) is 8.31. The van der Waals surface area contributed by atoms with E-state index in [1.54, 1.807) is 20.2 Å². The summed E-state index contributed by atoms with van der Waals surface area (Å²) < 4.78 is 0. The average Bonchev–Trinajstić information content (AvgIpc) is 4.08. The van der Waals surface area contributed by atoms with Crippen molar-refractivity contribution in [1.82, 2.24) is 0 Å². The van der Waals surface area contributed by atoms with Gasteiger partial charge in [0.25, 0.3) is 0 Å². The van der Waals surface area contributed by atoms with Crippen LogP contribution in [0.2, 0.25) is 12.1 Å². The quantitative estimate of drug-likeness (QED) is 0.129. The monoisotopic (exact) mass is 848 g/mol. The van der Waals surface area contributed by atoms with E-state index < -0.39 is 18.1 Å². The van der Waals surface area contributed by atoms with Crippen LogP contribution in [-0.4, -0.2) is 19.6 Å². The van der Waals surface area contributed by atoms with Crippen LogP contribution < -0.4 is 20.2 Å².